The van der Waals surface area contributed by atoms with Crippen LogP contribution in [0, 0.1) is 5.92 Å². The molecule has 2 heterocycles. The van der Waals surface area contributed by atoms with E-state index in [0.717, 1.165) is 55.1 Å². The summed E-state index contributed by atoms with van der Waals surface area (Å²) in [5.41, 5.74) is 2.01. The molecule has 5 heteroatoms. The summed E-state index contributed by atoms with van der Waals surface area (Å²) in [5.74, 6) is 1.23. The lowest BCUT2D eigenvalue weighted by Gasteiger charge is -2.32. The molecule has 0 spiro atoms. The van der Waals surface area contributed by atoms with Crippen molar-refractivity contribution >= 4 is 11.8 Å². The van der Waals surface area contributed by atoms with Crippen LogP contribution in [0.1, 0.15) is 37.4 Å². The molecule has 1 saturated carbocycles. The minimum absolute atomic E-state index is 0.307. The third-order valence-electron chi connectivity index (χ3n) is 4.84. The third-order valence-corrected chi connectivity index (χ3v) is 4.84. The van der Waals surface area contributed by atoms with Crippen molar-refractivity contribution in [2.75, 3.05) is 18.0 Å². The second-order valence-electron chi connectivity index (χ2n) is 6.73. The smallest absolute Gasteiger partial charge is 0.308 e. The number of nitrogens with zero attached hydrogens (tertiary/aromatic N) is 3. The van der Waals surface area contributed by atoms with Crippen LogP contribution < -0.4 is 4.90 Å². The first-order valence-electron chi connectivity index (χ1n) is 8.63. The van der Waals surface area contributed by atoms with Crippen LogP contribution >= 0.6 is 0 Å². The molecule has 0 unspecified atom stereocenters. The van der Waals surface area contributed by atoms with E-state index in [2.05, 4.69) is 17.0 Å². The predicted octanol–water partition coefficient (Wildman–Crippen LogP) is 3.32. The summed E-state index contributed by atoms with van der Waals surface area (Å²) in [4.78, 5) is 23.0. The van der Waals surface area contributed by atoms with Crippen LogP contribution in [0.5, 0.6) is 0 Å². The molecular weight excluding hydrogens is 302 g/mol. The third kappa shape index (κ3) is 3.11. The van der Waals surface area contributed by atoms with E-state index in [1.165, 1.54) is 0 Å². The first-order valence-corrected chi connectivity index (χ1v) is 8.63. The van der Waals surface area contributed by atoms with Gasteiger partial charge in [-0.1, -0.05) is 30.3 Å². The average Bonchev–Trinajstić information content (AvgIpc) is 3.47. The maximum atomic E-state index is 11.3. The van der Waals surface area contributed by atoms with Crippen molar-refractivity contribution in [1.82, 2.24) is 9.97 Å². The molecule has 2 fully saturated rings. The van der Waals surface area contributed by atoms with E-state index in [1.54, 1.807) is 0 Å². The van der Waals surface area contributed by atoms with Gasteiger partial charge >= 0.3 is 5.97 Å². The Kier molecular flexibility index (Phi) is 3.92. The largest absolute Gasteiger partial charge is 0.481 e. The number of anilines is 1. The molecule has 0 bridgehead atoms. The molecule has 4 rings (SSSR count). The monoisotopic (exact) mass is 323 g/mol. The summed E-state index contributed by atoms with van der Waals surface area (Å²) in [6.07, 6.45) is 3.93. The summed E-state index contributed by atoms with van der Waals surface area (Å²) >= 11 is 0. The maximum Gasteiger partial charge on any atom is 0.308 e. The summed E-state index contributed by atoms with van der Waals surface area (Å²) in [7, 11) is 0. The number of carboxylic acids is 1. The fourth-order valence-corrected chi connectivity index (χ4v) is 3.28. The minimum Gasteiger partial charge on any atom is -0.481 e. The van der Waals surface area contributed by atoms with Crippen molar-refractivity contribution in [3.63, 3.8) is 0 Å². The summed E-state index contributed by atoms with van der Waals surface area (Å²) in [6, 6.07) is 12.1. The summed E-state index contributed by atoms with van der Waals surface area (Å²) in [5, 5.41) is 9.33. The molecule has 2 aliphatic rings. The lowest BCUT2D eigenvalue weighted by Crippen LogP contribution is -2.39. The number of aromatic nitrogens is 2. The average molecular weight is 323 g/mol. The number of carbonyl (C=O) groups is 1. The highest BCUT2D eigenvalue weighted by molar-refractivity contribution is 5.71. The zero-order chi connectivity index (χ0) is 16.5. The molecule has 0 amide bonds. The second-order valence-corrected chi connectivity index (χ2v) is 6.73. The summed E-state index contributed by atoms with van der Waals surface area (Å²) < 4.78 is 0. The molecule has 24 heavy (non-hydrogen) atoms. The highest BCUT2D eigenvalue weighted by Gasteiger charge is 2.30. The summed E-state index contributed by atoms with van der Waals surface area (Å²) in [6.45, 7) is 1.39. The van der Waals surface area contributed by atoms with Gasteiger partial charge in [0.1, 0.15) is 11.6 Å². The lowest BCUT2D eigenvalue weighted by atomic mass is 9.98. The van der Waals surface area contributed by atoms with Crippen LogP contribution in [0.25, 0.3) is 11.3 Å². The molecule has 1 N–H and O–H groups in total. The predicted molar refractivity (Wildman–Crippen MR) is 92.0 cm³/mol. The number of hydrogen-bond donors (Lipinski definition) is 1. The minimum atomic E-state index is -0.709. The molecular formula is C19H21N3O2. The fraction of sp³-hybridized carbons (Fsp3) is 0.421. The quantitative estimate of drug-likeness (QED) is 0.935. The fourth-order valence-electron chi connectivity index (χ4n) is 3.28. The Morgan fingerprint density at radius 3 is 2.62 bits per heavy atom. The van der Waals surface area contributed by atoms with Crippen LogP contribution in [-0.4, -0.2) is 34.1 Å². The Morgan fingerprint density at radius 2 is 1.92 bits per heavy atom. The van der Waals surface area contributed by atoms with E-state index in [0.29, 0.717) is 12.5 Å². The van der Waals surface area contributed by atoms with Crippen molar-refractivity contribution in [3.05, 3.63) is 42.2 Å². The van der Waals surface area contributed by atoms with Crippen molar-refractivity contribution < 1.29 is 9.90 Å². The Labute approximate surface area is 141 Å². The van der Waals surface area contributed by atoms with Crippen molar-refractivity contribution in [3.8, 4) is 11.3 Å². The van der Waals surface area contributed by atoms with Crippen molar-refractivity contribution in [1.29, 1.82) is 0 Å². The number of piperidine rings is 1. The van der Waals surface area contributed by atoms with E-state index < -0.39 is 5.97 Å². The van der Waals surface area contributed by atoms with Gasteiger partial charge in [-0.2, -0.15) is 0 Å². The number of benzene rings is 1. The molecule has 1 aliphatic carbocycles. The molecule has 1 aromatic carbocycles. The van der Waals surface area contributed by atoms with Gasteiger partial charge in [0, 0.05) is 30.6 Å². The normalized spacial score (nSPS) is 20.8. The van der Waals surface area contributed by atoms with Gasteiger partial charge in [-0.05, 0) is 25.7 Å². The first kappa shape index (κ1) is 15.1. The van der Waals surface area contributed by atoms with E-state index >= 15 is 0 Å². The van der Waals surface area contributed by atoms with Crippen LogP contribution in [0.4, 0.5) is 5.82 Å². The Morgan fingerprint density at radius 1 is 1.12 bits per heavy atom. The van der Waals surface area contributed by atoms with Gasteiger partial charge < -0.3 is 10.0 Å². The Bertz CT molecular complexity index is 744. The molecule has 1 saturated heterocycles. The van der Waals surface area contributed by atoms with Gasteiger partial charge in [0.05, 0.1) is 11.6 Å². The highest BCUT2D eigenvalue weighted by Crippen LogP contribution is 2.39. The first-order chi connectivity index (χ1) is 11.7. The molecule has 1 aromatic heterocycles. The highest BCUT2D eigenvalue weighted by atomic mass is 16.4. The van der Waals surface area contributed by atoms with Gasteiger partial charge in [0.15, 0.2) is 0 Å². The number of aliphatic carboxylic acids is 1. The molecule has 0 radical (unpaired) electrons. The van der Waals surface area contributed by atoms with Crippen molar-refractivity contribution in [2.45, 2.75) is 31.6 Å². The molecule has 1 atom stereocenters. The number of hydrogen-bond acceptors (Lipinski definition) is 4. The van der Waals surface area contributed by atoms with E-state index in [9.17, 15) is 9.90 Å². The van der Waals surface area contributed by atoms with E-state index in [4.69, 9.17) is 9.97 Å². The van der Waals surface area contributed by atoms with Gasteiger partial charge in [-0.15, -0.1) is 0 Å². The van der Waals surface area contributed by atoms with E-state index in [1.807, 2.05) is 24.3 Å². The van der Waals surface area contributed by atoms with Crippen LogP contribution in [0.15, 0.2) is 36.4 Å². The maximum absolute atomic E-state index is 11.3. The molecule has 1 aliphatic heterocycles. The molecule has 5 nitrogen and oxygen atoms in total. The number of carboxylic acid groups (broad SMARTS) is 1. The van der Waals surface area contributed by atoms with Crippen LogP contribution in [0.3, 0.4) is 0 Å². The Balaban J connectivity index is 1.69. The zero-order valence-corrected chi connectivity index (χ0v) is 13.6. The Hall–Kier alpha value is -2.43. The molecule has 124 valence electrons. The second kappa shape index (κ2) is 6.23. The lowest BCUT2D eigenvalue weighted by molar-refractivity contribution is -0.141. The zero-order valence-electron chi connectivity index (χ0n) is 13.6. The van der Waals surface area contributed by atoms with Gasteiger partial charge in [0.25, 0.3) is 0 Å². The topological polar surface area (TPSA) is 66.3 Å². The van der Waals surface area contributed by atoms with Gasteiger partial charge in [0.2, 0.25) is 0 Å². The van der Waals surface area contributed by atoms with Crippen molar-refractivity contribution in [2.24, 2.45) is 5.92 Å². The SMILES string of the molecule is O=C(O)[C@H]1CCCN(c2cc(-c3ccccc3)nc(C3CC3)n2)C1. The van der Waals surface area contributed by atoms with Crippen LogP contribution in [-0.2, 0) is 4.79 Å². The van der Waals surface area contributed by atoms with Gasteiger partial charge in [-0.3, -0.25) is 4.79 Å². The molecule has 2 aromatic rings. The van der Waals surface area contributed by atoms with Crippen LogP contribution in [0.2, 0.25) is 0 Å². The standard InChI is InChI=1S/C19H21N3O2/c23-19(24)15-7-4-10-22(12-15)17-11-16(13-5-2-1-3-6-13)20-18(21-17)14-8-9-14/h1-3,5-6,11,14-15H,4,7-10,12H2,(H,23,24)/t15-/m0/s1. The van der Waals surface area contributed by atoms with E-state index in [-0.39, 0.29) is 5.92 Å². The number of rotatable bonds is 4. The van der Waals surface area contributed by atoms with Gasteiger partial charge in [-0.25, -0.2) is 9.97 Å².